The van der Waals surface area contributed by atoms with Gasteiger partial charge in [-0.3, -0.25) is 0 Å². The Morgan fingerprint density at radius 1 is 0.941 bits per heavy atom. The van der Waals surface area contributed by atoms with Gasteiger partial charge >= 0.3 is 0 Å². The van der Waals surface area contributed by atoms with E-state index in [2.05, 4.69) is 5.48 Å². The lowest BCUT2D eigenvalue weighted by molar-refractivity contribution is 0.0689. The summed E-state index contributed by atoms with van der Waals surface area (Å²) in [5, 5.41) is 0. The number of para-hydroxylation sites is 2. The molecular formula is C14H13NO2. The van der Waals surface area contributed by atoms with Crippen LogP contribution in [0.15, 0.2) is 48.5 Å². The van der Waals surface area contributed by atoms with Crippen LogP contribution in [0, 0.1) is 0 Å². The molecule has 2 aromatic carbocycles. The summed E-state index contributed by atoms with van der Waals surface area (Å²) < 4.78 is 5.86. The van der Waals surface area contributed by atoms with Crippen molar-refractivity contribution < 1.29 is 9.57 Å². The van der Waals surface area contributed by atoms with Gasteiger partial charge in [0.1, 0.15) is 11.5 Å². The maximum absolute atomic E-state index is 5.86. The second-order valence-corrected chi connectivity index (χ2v) is 3.93. The van der Waals surface area contributed by atoms with Crippen molar-refractivity contribution in [2.45, 2.75) is 6.04 Å². The van der Waals surface area contributed by atoms with Gasteiger partial charge in [-0.15, -0.1) is 0 Å². The van der Waals surface area contributed by atoms with Crippen LogP contribution in [0.4, 0.5) is 0 Å². The van der Waals surface area contributed by atoms with Gasteiger partial charge in [-0.05, 0) is 12.1 Å². The van der Waals surface area contributed by atoms with Crippen LogP contribution in [-0.4, -0.2) is 7.11 Å². The van der Waals surface area contributed by atoms with Gasteiger partial charge in [0, 0.05) is 11.1 Å². The lowest BCUT2D eigenvalue weighted by Crippen LogP contribution is -2.24. The molecule has 0 unspecified atom stereocenters. The third kappa shape index (κ3) is 1.69. The van der Waals surface area contributed by atoms with E-state index >= 15 is 0 Å². The monoisotopic (exact) mass is 227 g/mol. The summed E-state index contributed by atoms with van der Waals surface area (Å²) >= 11 is 0. The molecule has 3 rings (SSSR count). The Balaban J connectivity index is 2.13. The van der Waals surface area contributed by atoms with Gasteiger partial charge in [0.05, 0.1) is 13.2 Å². The number of hydroxylamine groups is 1. The number of hydrogen-bond donors (Lipinski definition) is 1. The molecule has 0 spiro atoms. The van der Waals surface area contributed by atoms with E-state index < -0.39 is 0 Å². The van der Waals surface area contributed by atoms with E-state index in [1.165, 1.54) is 0 Å². The summed E-state index contributed by atoms with van der Waals surface area (Å²) in [5.41, 5.74) is 5.20. The molecule has 17 heavy (non-hydrogen) atoms. The molecule has 1 aliphatic heterocycles. The molecule has 0 fully saturated rings. The molecule has 0 atom stereocenters. The molecule has 0 amide bonds. The van der Waals surface area contributed by atoms with Crippen molar-refractivity contribution in [3.8, 4) is 11.5 Å². The van der Waals surface area contributed by atoms with Gasteiger partial charge in [-0.1, -0.05) is 36.4 Å². The Morgan fingerprint density at radius 3 is 2.00 bits per heavy atom. The largest absolute Gasteiger partial charge is 0.457 e. The average molecular weight is 227 g/mol. The van der Waals surface area contributed by atoms with E-state index in [9.17, 15) is 0 Å². The number of hydrogen-bond acceptors (Lipinski definition) is 3. The SMILES string of the molecule is CONC1c2ccccc2Oc2ccccc21. The van der Waals surface area contributed by atoms with Crippen molar-refractivity contribution in [1.29, 1.82) is 0 Å². The summed E-state index contributed by atoms with van der Waals surface area (Å²) in [6, 6.07) is 16.0. The molecule has 0 aliphatic carbocycles. The van der Waals surface area contributed by atoms with Crippen molar-refractivity contribution in [2.24, 2.45) is 0 Å². The maximum Gasteiger partial charge on any atom is 0.132 e. The highest BCUT2D eigenvalue weighted by atomic mass is 16.6. The number of nitrogens with one attached hydrogen (secondary N) is 1. The van der Waals surface area contributed by atoms with Crippen LogP contribution in [0.3, 0.4) is 0 Å². The summed E-state index contributed by atoms with van der Waals surface area (Å²) in [4.78, 5) is 5.09. The molecule has 0 bridgehead atoms. The van der Waals surface area contributed by atoms with Gasteiger partial charge in [0.2, 0.25) is 0 Å². The molecule has 1 aliphatic rings. The predicted molar refractivity (Wildman–Crippen MR) is 64.9 cm³/mol. The van der Waals surface area contributed by atoms with E-state index in [0.717, 1.165) is 22.6 Å². The standard InChI is InChI=1S/C14H13NO2/c1-16-15-14-10-6-2-4-8-12(10)17-13-9-5-3-7-11(13)14/h2-9,14-15H,1H3. The van der Waals surface area contributed by atoms with Crippen LogP contribution < -0.4 is 10.2 Å². The van der Waals surface area contributed by atoms with E-state index in [-0.39, 0.29) is 6.04 Å². The summed E-state index contributed by atoms with van der Waals surface area (Å²) in [6.07, 6.45) is 0. The Morgan fingerprint density at radius 2 is 1.47 bits per heavy atom. The first-order chi connectivity index (χ1) is 8.40. The van der Waals surface area contributed by atoms with E-state index in [1.807, 2.05) is 48.5 Å². The highest BCUT2D eigenvalue weighted by molar-refractivity contribution is 5.52. The zero-order valence-electron chi connectivity index (χ0n) is 9.51. The highest BCUT2D eigenvalue weighted by Gasteiger charge is 2.26. The van der Waals surface area contributed by atoms with Crippen LogP contribution in [-0.2, 0) is 4.84 Å². The van der Waals surface area contributed by atoms with Crippen LogP contribution >= 0.6 is 0 Å². The fourth-order valence-corrected chi connectivity index (χ4v) is 2.15. The minimum absolute atomic E-state index is 0.0150. The van der Waals surface area contributed by atoms with E-state index in [0.29, 0.717) is 0 Å². The van der Waals surface area contributed by atoms with E-state index in [4.69, 9.17) is 9.57 Å². The molecule has 0 saturated heterocycles. The van der Waals surface area contributed by atoms with Gasteiger partial charge in [-0.25, -0.2) is 0 Å². The first kappa shape index (κ1) is 10.3. The van der Waals surface area contributed by atoms with Crippen molar-refractivity contribution >= 4 is 0 Å². The number of ether oxygens (including phenoxy) is 1. The molecule has 0 saturated carbocycles. The smallest absolute Gasteiger partial charge is 0.132 e. The molecule has 3 nitrogen and oxygen atoms in total. The molecule has 0 aromatic heterocycles. The number of benzene rings is 2. The fraction of sp³-hybridized carbons (Fsp3) is 0.143. The summed E-state index contributed by atoms with van der Waals surface area (Å²) in [7, 11) is 1.63. The normalized spacial score (nSPS) is 13.7. The Bertz CT molecular complexity index is 494. The Kier molecular flexibility index (Phi) is 2.55. The Hall–Kier alpha value is -1.84. The number of rotatable bonds is 2. The Labute approximate surface area is 99.9 Å². The average Bonchev–Trinajstić information content (AvgIpc) is 2.39. The third-order valence-corrected chi connectivity index (χ3v) is 2.92. The lowest BCUT2D eigenvalue weighted by Gasteiger charge is -2.27. The van der Waals surface area contributed by atoms with Gasteiger partial charge < -0.3 is 9.57 Å². The van der Waals surface area contributed by atoms with Crippen molar-refractivity contribution in [3.63, 3.8) is 0 Å². The molecule has 2 aromatic rings. The van der Waals surface area contributed by atoms with Crippen molar-refractivity contribution in [2.75, 3.05) is 7.11 Å². The van der Waals surface area contributed by atoms with Crippen molar-refractivity contribution in [3.05, 3.63) is 59.7 Å². The molecular weight excluding hydrogens is 214 g/mol. The van der Waals surface area contributed by atoms with E-state index in [1.54, 1.807) is 7.11 Å². The van der Waals surface area contributed by atoms with Crippen LogP contribution in [0.1, 0.15) is 17.2 Å². The summed E-state index contributed by atoms with van der Waals surface area (Å²) in [6.45, 7) is 0. The third-order valence-electron chi connectivity index (χ3n) is 2.92. The second kappa shape index (κ2) is 4.20. The van der Waals surface area contributed by atoms with Gasteiger partial charge in [0.25, 0.3) is 0 Å². The van der Waals surface area contributed by atoms with Crippen LogP contribution in [0.2, 0.25) is 0 Å². The molecule has 3 heteroatoms. The van der Waals surface area contributed by atoms with Gasteiger partial charge in [0.15, 0.2) is 0 Å². The zero-order valence-corrected chi connectivity index (χ0v) is 9.51. The predicted octanol–water partition coefficient (Wildman–Crippen LogP) is 3.03. The minimum atomic E-state index is 0.0150. The van der Waals surface area contributed by atoms with Crippen LogP contribution in [0.25, 0.3) is 0 Å². The van der Waals surface area contributed by atoms with Gasteiger partial charge in [-0.2, -0.15) is 5.48 Å². The second-order valence-electron chi connectivity index (χ2n) is 3.93. The highest BCUT2D eigenvalue weighted by Crippen LogP contribution is 2.42. The van der Waals surface area contributed by atoms with Crippen LogP contribution in [0.5, 0.6) is 11.5 Å². The zero-order chi connectivity index (χ0) is 11.7. The summed E-state index contributed by atoms with van der Waals surface area (Å²) in [5.74, 6) is 1.75. The quantitative estimate of drug-likeness (QED) is 0.800. The fourth-order valence-electron chi connectivity index (χ4n) is 2.15. The first-order valence-corrected chi connectivity index (χ1v) is 5.54. The minimum Gasteiger partial charge on any atom is -0.457 e. The molecule has 86 valence electrons. The van der Waals surface area contributed by atoms with Crippen molar-refractivity contribution in [1.82, 2.24) is 5.48 Å². The molecule has 1 N–H and O–H groups in total. The first-order valence-electron chi connectivity index (χ1n) is 5.54. The molecule has 0 radical (unpaired) electrons. The lowest BCUT2D eigenvalue weighted by atomic mass is 9.95. The molecule has 1 heterocycles. The maximum atomic E-state index is 5.86. The topological polar surface area (TPSA) is 30.5 Å². The number of fused-ring (bicyclic) bond motifs is 2.